The van der Waals surface area contributed by atoms with E-state index >= 15 is 0 Å². The average Bonchev–Trinajstić information content (AvgIpc) is 2.76. The zero-order valence-corrected chi connectivity index (χ0v) is 10.1. The lowest BCUT2D eigenvalue weighted by molar-refractivity contribution is 0.507. The Labute approximate surface area is 104 Å². The largest absolute Gasteiger partial charge is 0.227 e. The van der Waals surface area contributed by atoms with E-state index in [1.165, 1.54) is 12.1 Å². The minimum atomic E-state index is -0.919. The van der Waals surface area contributed by atoms with Gasteiger partial charge in [-0.25, -0.2) is 18.8 Å². The highest BCUT2D eigenvalue weighted by atomic mass is 19.2. The van der Waals surface area contributed by atoms with Crippen molar-refractivity contribution in [1.29, 1.82) is 0 Å². The summed E-state index contributed by atoms with van der Waals surface area (Å²) in [6.45, 7) is 3.68. The summed E-state index contributed by atoms with van der Waals surface area (Å²) in [5, 5.41) is 0. The molecule has 0 unspecified atom stereocenters. The van der Waals surface area contributed by atoms with Crippen LogP contribution in [0, 0.1) is 11.6 Å². The highest BCUT2D eigenvalue weighted by molar-refractivity contribution is 6.22. The molecule has 2 rings (SSSR count). The lowest BCUT2D eigenvalue weighted by Crippen LogP contribution is -2.01. The summed E-state index contributed by atoms with van der Waals surface area (Å²) >= 11 is 0. The SMILES string of the molecule is CC=CC1=NC(c2cccc(F)c2F)=N/C1=C/C. The summed E-state index contributed by atoms with van der Waals surface area (Å²) in [4.78, 5) is 8.40. The van der Waals surface area contributed by atoms with Crippen molar-refractivity contribution >= 4 is 11.5 Å². The van der Waals surface area contributed by atoms with Crippen LogP contribution in [0.1, 0.15) is 19.4 Å². The maximum atomic E-state index is 13.6. The van der Waals surface area contributed by atoms with Crippen LogP contribution in [-0.2, 0) is 0 Å². The zero-order chi connectivity index (χ0) is 13.1. The minimum Gasteiger partial charge on any atom is -0.227 e. The van der Waals surface area contributed by atoms with E-state index in [9.17, 15) is 8.78 Å². The Hall–Kier alpha value is -2.10. The van der Waals surface area contributed by atoms with E-state index in [1.807, 2.05) is 19.9 Å². The molecule has 0 amide bonds. The molecule has 0 bridgehead atoms. The predicted octanol–water partition coefficient (Wildman–Crippen LogP) is 3.65. The summed E-state index contributed by atoms with van der Waals surface area (Å²) < 4.78 is 26.8. The Morgan fingerprint density at radius 2 is 1.89 bits per heavy atom. The summed E-state index contributed by atoms with van der Waals surface area (Å²) in [6, 6.07) is 3.98. The van der Waals surface area contributed by atoms with Gasteiger partial charge in [-0.3, -0.25) is 0 Å². The summed E-state index contributed by atoms with van der Waals surface area (Å²) in [6.07, 6.45) is 5.38. The second-order valence-corrected chi connectivity index (χ2v) is 3.71. The molecule has 0 atom stereocenters. The van der Waals surface area contributed by atoms with Crippen molar-refractivity contribution < 1.29 is 8.78 Å². The second kappa shape index (κ2) is 5.04. The third kappa shape index (κ3) is 2.14. The molecule has 1 heterocycles. The molecule has 1 aliphatic rings. The minimum absolute atomic E-state index is 0.0776. The molecule has 0 saturated carbocycles. The molecular formula is C14H12F2N2. The molecule has 1 aliphatic heterocycles. The Balaban J connectivity index is 2.50. The van der Waals surface area contributed by atoms with Crippen LogP contribution in [-0.4, -0.2) is 11.5 Å². The molecule has 0 spiro atoms. The van der Waals surface area contributed by atoms with E-state index in [4.69, 9.17) is 0 Å². The lowest BCUT2D eigenvalue weighted by Gasteiger charge is -1.99. The summed E-state index contributed by atoms with van der Waals surface area (Å²) in [7, 11) is 0. The van der Waals surface area contributed by atoms with E-state index in [1.54, 1.807) is 12.2 Å². The lowest BCUT2D eigenvalue weighted by atomic mass is 10.2. The van der Waals surface area contributed by atoms with Gasteiger partial charge in [0, 0.05) is 0 Å². The van der Waals surface area contributed by atoms with Gasteiger partial charge in [-0.1, -0.05) is 18.2 Å². The summed E-state index contributed by atoms with van der Waals surface area (Å²) in [5.74, 6) is -1.61. The number of amidine groups is 1. The van der Waals surface area contributed by atoms with Crippen molar-refractivity contribution in [3.63, 3.8) is 0 Å². The first-order valence-electron chi connectivity index (χ1n) is 5.58. The van der Waals surface area contributed by atoms with Crippen molar-refractivity contribution in [2.75, 3.05) is 0 Å². The average molecular weight is 246 g/mol. The van der Waals surface area contributed by atoms with E-state index in [-0.39, 0.29) is 11.4 Å². The molecule has 0 aromatic heterocycles. The van der Waals surface area contributed by atoms with Crippen LogP contribution < -0.4 is 0 Å². The van der Waals surface area contributed by atoms with Gasteiger partial charge in [0.2, 0.25) is 0 Å². The molecule has 92 valence electrons. The standard InChI is InChI=1S/C14H12F2N2/c1-3-6-12-11(4-2)17-14(18-12)9-7-5-8-10(15)13(9)16/h3-8H,1-2H3/b6-3?,11-4+. The summed E-state index contributed by atoms with van der Waals surface area (Å²) in [5.41, 5.74) is 1.39. The first-order valence-corrected chi connectivity index (χ1v) is 5.58. The van der Waals surface area contributed by atoms with Crippen molar-refractivity contribution in [1.82, 2.24) is 0 Å². The van der Waals surface area contributed by atoms with Gasteiger partial charge in [-0.05, 0) is 32.1 Å². The molecular weight excluding hydrogens is 234 g/mol. The van der Waals surface area contributed by atoms with Gasteiger partial charge in [0.1, 0.15) is 0 Å². The normalized spacial score (nSPS) is 17.4. The molecule has 2 nitrogen and oxygen atoms in total. The van der Waals surface area contributed by atoms with E-state index in [2.05, 4.69) is 9.98 Å². The fourth-order valence-corrected chi connectivity index (χ4v) is 1.66. The van der Waals surface area contributed by atoms with Gasteiger partial charge in [0.25, 0.3) is 0 Å². The van der Waals surface area contributed by atoms with Crippen LogP contribution in [0.4, 0.5) is 8.78 Å². The van der Waals surface area contributed by atoms with Crippen LogP contribution in [0.5, 0.6) is 0 Å². The van der Waals surface area contributed by atoms with Crippen molar-refractivity contribution in [3.8, 4) is 0 Å². The van der Waals surface area contributed by atoms with Crippen LogP contribution in [0.25, 0.3) is 0 Å². The van der Waals surface area contributed by atoms with Crippen LogP contribution in [0.3, 0.4) is 0 Å². The number of halogens is 2. The van der Waals surface area contributed by atoms with Gasteiger partial charge in [0.05, 0.1) is 17.0 Å². The Bertz CT molecular complexity index is 596. The van der Waals surface area contributed by atoms with E-state index < -0.39 is 11.6 Å². The van der Waals surface area contributed by atoms with Crippen molar-refractivity contribution in [2.45, 2.75) is 13.8 Å². The maximum Gasteiger partial charge on any atom is 0.169 e. The number of allylic oxidation sites excluding steroid dienone is 3. The quantitative estimate of drug-likeness (QED) is 0.761. The van der Waals surface area contributed by atoms with Gasteiger partial charge < -0.3 is 0 Å². The molecule has 0 fully saturated rings. The van der Waals surface area contributed by atoms with Crippen LogP contribution in [0.2, 0.25) is 0 Å². The number of hydrogen-bond acceptors (Lipinski definition) is 2. The van der Waals surface area contributed by atoms with Gasteiger partial charge in [-0.2, -0.15) is 0 Å². The fourth-order valence-electron chi connectivity index (χ4n) is 1.66. The number of nitrogens with zero attached hydrogens (tertiary/aromatic N) is 2. The van der Waals surface area contributed by atoms with Gasteiger partial charge in [-0.15, -0.1) is 0 Å². The van der Waals surface area contributed by atoms with E-state index in [0.717, 1.165) is 6.07 Å². The molecule has 0 saturated heterocycles. The van der Waals surface area contributed by atoms with Crippen molar-refractivity contribution in [2.24, 2.45) is 9.98 Å². The van der Waals surface area contributed by atoms with Crippen LogP contribution >= 0.6 is 0 Å². The zero-order valence-electron chi connectivity index (χ0n) is 10.1. The predicted molar refractivity (Wildman–Crippen MR) is 68.9 cm³/mol. The molecule has 4 heteroatoms. The van der Waals surface area contributed by atoms with Crippen LogP contribution in [0.15, 0.2) is 52.1 Å². The number of rotatable bonds is 2. The van der Waals surface area contributed by atoms with E-state index in [0.29, 0.717) is 11.4 Å². The molecule has 0 aliphatic carbocycles. The molecule has 18 heavy (non-hydrogen) atoms. The Morgan fingerprint density at radius 3 is 2.56 bits per heavy atom. The maximum absolute atomic E-state index is 13.6. The highest BCUT2D eigenvalue weighted by Gasteiger charge is 2.19. The number of hydrogen-bond donors (Lipinski definition) is 0. The monoisotopic (exact) mass is 246 g/mol. The fraction of sp³-hybridized carbons (Fsp3) is 0.143. The topological polar surface area (TPSA) is 24.7 Å². The molecule has 1 aromatic carbocycles. The third-order valence-electron chi connectivity index (χ3n) is 2.51. The first kappa shape index (κ1) is 12.4. The Kier molecular flexibility index (Phi) is 3.46. The van der Waals surface area contributed by atoms with Crippen molar-refractivity contribution in [3.05, 3.63) is 59.3 Å². The molecule has 1 aromatic rings. The number of aliphatic imine (C=N–C) groups is 2. The molecule has 0 radical (unpaired) electrons. The smallest absolute Gasteiger partial charge is 0.169 e. The number of benzene rings is 1. The highest BCUT2D eigenvalue weighted by Crippen LogP contribution is 2.20. The van der Waals surface area contributed by atoms with Gasteiger partial charge in [0.15, 0.2) is 17.5 Å². The first-order chi connectivity index (χ1) is 8.67. The van der Waals surface area contributed by atoms with Gasteiger partial charge >= 0.3 is 0 Å². The second-order valence-electron chi connectivity index (χ2n) is 3.71. The molecule has 0 N–H and O–H groups in total. The third-order valence-corrected chi connectivity index (χ3v) is 2.51. The Morgan fingerprint density at radius 1 is 1.11 bits per heavy atom.